The van der Waals surface area contributed by atoms with Crippen molar-refractivity contribution in [3.63, 3.8) is 0 Å². The molecule has 11 nitrogen and oxygen atoms in total. The van der Waals surface area contributed by atoms with Gasteiger partial charge in [-0.15, -0.1) is 0 Å². The smallest absolute Gasteiger partial charge is 0.255 e. The number of carbonyl (C=O) groups is 1. The number of anilines is 4. The highest BCUT2D eigenvalue weighted by Gasteiger charge is 2.18. The fourth-order valence-corrected chi connectivity index (χ4v) is 4.12. The summed E-state index contributed by atoms with van der Waals surface area (Å²) in [5.41, 5.74) is 9.68. The van der Waals surface area contributed by atoms with Gasteiger partial charge in [0.05, 0.1) is 26.4 Å². The number of rotatable bonds is 12. The number of amides is 1. The van der Waals surface area contributed by atoms with Gasteiger partial charge in [0.15, 0.2) is 5.82 Å². The second kappa shape index (κ2) is 13.9. The molecule has 42 heavy (non-hydrogen) atoms. The molecule has 0 aliphatic carbocycles. The number of nitrogens with two attached hydrogens (primary N) is 1. The van der Waals surface area contributed by atoms with Crippen LogP contribution in [0, 0.1) is 0 Å². The van der Waals surface area contributed by atoms with Gasteiger partial charge in [0, 0.05) is 28.1 Å². The van der Waals surface area contributed by atoms with Gasteiger partial charge in [0.1, 0.15) is 12.4 Å². The molecule has 6 N–H and O–H groups in total. The zero-order valence-electron chi connectivity index (χ0n) is 23.9. The van der Waals surface area contributed by atoms with E-state index in [0.29, 0.717) is 47.0 Å². The van der Waals surface area contributed by atoms with Crippen LogP contribution in [0.3, 0.4) is 0 Å². The number of benzene rings is 3. The third-order valence-electron chi connectivity index (χ3n) is 6.33. The van der Waals surface area contributed by atoms with Gasteiger partial charge in [0.2, 0.25) is 11.9 Å². The van der Waals surface area contributed by atoms with Gasteiger partial charge < -0.3 is 36.1 Å². The molecule has 0 unspecified atom stereocenters. The van der Waals surface area contributed by atoms with Crippen molar-refractivity contribution in [1.82, 2.24) is 15.0 Å². The molecule has 0 spiro atoms. The minimum atomic E-state index is -0.365. The first kappa shape index (κ1) is 30.4. The van der Waals surface area contributed by atoms with Gasteiger partial charge >= 0.3 is 0 Å². The van der Waals surface area contributed by atoms with Crippen molar-refractivity contribution in [2.75, 3.05) is 42.8 Å². The van der Waals surface area contributed by atoms with E-state index in [1.807, 2.05) is 12.1 Å². The van der Waals surface area contributed by atoms with E-state index in [4.69, 9.17) is 20.3 Å². The lowest BCUT2D eigenvalue weighted by atomic mass is 9.86. The van der Waals surface area contributed by atoms with Crippen molar-refractivity contribution in [1.29, 1.82) is 0 Å². The lowest BCUT2D eigenvalue weighted by Gasteiger charge is -2.19. The third-order valence-corrected chi connectivity index (χ3v) is 6.33. The molecule has 1 amide bonds. The summed E-state index contributed by atoms with van der Waals surface area (Å²) in [6.45, 7) is 6.95. The zero-order chi connectivity index (χ0) is 30.1. The summed E-state index contributed by atoms with van der Waals surface area (Å²) >= 11 is 0. The van der Waals surface area contributed by atoms with Crippen LogP contribution in [0.5, 0.6) is 5.75 Å². The van der Waals surface area contributed by atoms with Crippen molar-refractivity contribution >= 4 is 29.2 Å². The van der Waals surface area contributed by atoms with Crippen molar-refractivity contribution in [3.8, 4) is 17.1 Å². The van der Waals surface area contributed by atoms with Crippen LogP contribution in [-0.4, -0.2) is 57.5 Å². The number of carbonyl (C=O) groups excluding carboxylic acids is 1. The number of nitrogens with one attached hydrogen (secondary N) is 2. The second-order valence-electron chi connectivity index (χ2n) is 10.4. The van der Waals surface area contributed by atoms with Gasteiger partial charge in [0.25, 0.3) is 5.91 Å². The van der Waals surface area contributed by atoms with Crippen molar-refractivity contribution in [2.45, 2.75) is 32.8 Å². The number of aliphatic hydroxyl groups is 2. The van der Waals surface area contributed by atoms with E-state index in [-0.39, 0.29) is 48.9 Å². The lowest BCUT2D eigenvalue weighted by Crippen LogP contribution is -2.15. The summed E-state index contributed by atoms with van der Waals surface area (Å²) in [6.07, 6.45) is 0. The summed E-state index contributed by atoms with van der Waals surface area (Å²) < 4.78 is 10.8. The molecule has 220 valence electrons. The van der Waals surface area contributed by atoms with Gasteiger partial charge in [-0.3, -0.25) is 4.79 Å². The maximum Gasteiger partial charge on any atom is 0.255 e. The molecule has 0 radical (unpaired) electrons. The Hall–Kier alpha value is -4.58. The average molecular weight is 573 g/mol. The van der Waals surface area contributed by atoms with Gasteiger partial charge in [-0.05, 0) is 53.4 Å². The molecule has 1 aromatic heterocycles. The number of nitrogens with zero attached hydrogens (tertiary/aromatic N) is 3. The molecule has 0 bridgehead atoms. The van der Waals surface area contributed by atoms with Crippen LogP contribution < -0.4 is 21.1 Å². The first-order chi connectivity index (χ1) is 20.2. The van der Waals surface area contributed by atoms with E-state index in [1.54, 1.807) is 54.6 Å². The maximum absolute atomic E-state index is 13.0. The number of aromatic nitrogens is 3. The highest BCUT2D eigenvalue weighted by Crippen LogP contribution is 2.29. The average Bonchev–Trinajstić information content (AvgIpc) is 2.97. The van der Waals surface area contributed by atoms with Crippen LogP contribution >= 0.6 is 0 Å². The fourth-order valence-electron chi connectivity index (χ4n) is 4.12. The van der Waals surface area contributed by atoms with Gasteiger partial charge in [-0.25, -0.2) is 0 Å². The fraction of sp³-hybridized carbons (Fsp3) is 0.290. The number of hydrogen-bond donors (Lipinski definition) is 5. The summed E-state index contributed by atoms with van der Waals surface area (Å²) in [7, 11) is 0. The Labute approximate surface area is 244 Å². The van der Waals surface area contributed by atoms with E-state index < -0.39 is 0 Å². The molecule has 0 atom stereocenters. The van der Waals surface area contributed by atoms with Crippen LogP contribution in [0.4, 0.5) is 23.3 Å². The predicted molar refractivity (Wildman–Crippen MR) is 162 cm³/mol. The summed E-state index contributed by atoms with van der Waals surface area (Å²) in [5, 5.41) is 25.0. The van der Waals surface area contributed by atoms with Crippen LogP contribution in [0.2, 0.25) is 0 Å². The Morgan fingerprint density at radius 2 is 1.64 bits per heavy atom. The highest BCUT2D eigenvalue weighted by atomic mass is 16.5. The van der Waals surface area contributed by atoms with Gasteiger partial charge in [-0.1, -0.05) is 45.0 Å². The number of hydrogen-bond acceptors (Lipinski definition) is 10. The Morgan fingerprint density at radius 1 is 0.905 bits per heavy atom. The summed E-state index contributed by atoms with van der Waals surface area (Å²) in [4.78, 5) is 26.0. The molecule has 3 aromatic carbocycles. The normalized spacial score (nSPS) is 11.3. The quantitative estimate of drug-likeness (QED) is 0.155. The van der Waals surface area contributed by atoms with Crippen LogP contribution in [0.1, 0.15) is 42.3 Å². The zero-order valence-corrected chi connectivity index (χ0v) is 23.9. The van der Waals surface area contributed by atoms with Crippen molar-refractivity contribution in [2.24, 2.45) is 0 Å². The van der Waals surface area contributed by atoms with Gasteiger partial charge in [-0.2, -0.15) is 15.0 Å². The SMILES string of the molecule is CC(C)(C)c1ccc(C(=O)Nc2cccc(-c3nc(N)nc(Nc4ccc(OCCOCCO)cc4)n3)c2CO)cc1. The maximum atomic E-state index is 13.0. The lowest BCUT2D eigenvalue weighted by molar-refractivity contribution is 0.0705. The third kappa shape index (κ3) is 8.00. The highest BCUT2D eigenvalue weighted by molar-refractivity contribution is 6.05. The summed E-state index contributed by atoms with van der Waals surface area (Å²) in [6, 6.07) is 19.8. The summed E-state index contributed by atoms with van der Waals surface area (Å²) in [5.74, 6) is 0.788. The molecule has 4 rings (SSSR count). The Bertz CT molecular complexity index is 1490. The predicted octanol–water partition coefficient (Wildman–Crippen LogP) is 4.29. The van der Waals surface area contributed by atoms with Crippen LogP contribution in [0.25, 0.3) is 11.4 Å². The first-order valence-corrected chi connectivity index (χ1v) is 13.5. The molecular weight excluding hydrogens is 536 g/mol. The molecule has 1 heterocycles. The van der Waals surface area contributed by atoms with E-state index in [9.17, 15) is 9.90 Å². The molecule has 4 aromatic rings. The largest absolute Gasteiger partial charge is 0.491 e. The molecule has 0 aliphatic rings. The standard InChI is InChI=1S/C31H36N6O5/c1-31(2,3)21-9-7-20(8-10-21)28(40)34-26-6-4-5-24(25(26)19-39)27-35-29(32)37-30(36-27)33-22-11-13-23(14-12-22)42-18-17-41-16-15-38/h4-14,38-39H,15-19H2,1-3H3,(H,34,40)(H3,32,33,35,36,37). The Balaban J connectivity index is 1.50. The molecular formula is C31H36N6O5. The topological polar surface area (TPSA) is 165 Å². The van der Waals surface area contributed by atoms with Crippen LogP contribution in [0.15, 0.2) is 66.7 Å². The van der Waals surface area contributed by atoms with E-state index in [0.717, 1.165) is 5.56 Å². The molecule has 0 saturated carbocycles. The molecule has 0 aliphatic heterocycles. The van der Waals surface area contributed by atoms with Crippen LogP contribution in [-0.2, 0) is 16.8 Å². The number of nitrogen functional groups attached to an aromatic ring is 1. The number of ether oxygens (including phenoxy) is 2. The minimum absolute atomic E-state index is 0.0115. The van der Waals surface area contributed by atoms with E-state index in [1.165, 1.54) is 0 Å². The van der Waals surface area contributed by atoms with Crippen molar-refractivity contribution < 1.29 is 24.5 Å². The number of aliphatic hydroxyl groups excluding tert-OH is 2. The molecule has 0 saturated heterocycles. The van der Waals surface area contributed by atoms with E-state index in [2.05, 4.69) is 46.4 Å². The van der Waals surface area contributed by atoms with E-state index >= 15 is 0 Å². The first-order valence-electron chi connectivity index (χ1n) is 13.5. The Kier molecular flexibility index (Phi) is 10.0. The monoisotopic (exact) mass is 572 g/mol. The van der Waals surface area contributed by atoms with Crippen molar-refractivity contribution in [3.05, 3.63) is 83.4 Å². The second-order valence-corrected chi connectivity index (χ2v) is 10.4. The Morgan fingerprint density at radius 3 is 2.31 bits per heavy atom. The molecule has 11 heteroatoms. The minimum Gasteiger partial charge on any atom is -0.491 e. The molecule has 0 fully saturated rings.